The fourth-order valence-electron chi connectivity index (χ4n) is 3.74. The molecule has 2 fully saturated rings. The Labute approximate surface area is 121 Å². The molecule has 20 heavy (non-hydrogen) atoms. The smallest absolute Gasteiger partial charge is 0.109 e. The van der Waals surface area contributed by atoms with Crippen LogP contribution >= 0.6 is 0 Å². The number of nitrogens with zero attached hydrogens (tertiary/aromatic N) is 1. The van der Waals surface area contributed by atoms with Crippen LogP contribution < -0.4 is 0 Å². The maximum Gasteiger partial charge on any atom is 0.109 e. The molecule has 0 amide bonds. The molecule has 0 spiro atoms. The predicted molar refractivity (Wildman–Crippen MR) is 76.2 cm³/mol. The first-order valence-corrected chi connectivity index (χ1v) is 7.95. The first kappa shape index (κ1) is 16.2. The van der Waals surface area contributed by atoms with Crippen molar-refractivity contribution < 1.29 is 20.4 Å². The zero-order chi connectivity index (χ0) is 14.7. The van der Waals surface area contributed by atoms with E-state index in [4.69, 9.17) is 0 Å². The van der Waals surface area contributed by atoms with E-state index in [9.17, 15) is 20.4 Å². The summed E-state index contributed by atoms with van der Waals surface area (Å²) in [6.45, 7) is 3.18. The Morgan fingerprint density at radius 3 is 2.10 bits per heavy atom. The molecule has 5 heteroatoms. The summed E-state index contributed by atoms with van der Waals surface area (Å²) in [7, 11) is 0. The van der Waals surface area contributed by atoms with Crippen molar-refractivity contribution in [3.05, 3.63) is 0 Å². The van der Waals surface area contributed by atoms with Gasteiger partial charge in [-0.25, -0.2) is 0 Å². The number of hydrogen-bond donors (Lipinski definition) is 4. The lowest BCUT2D eigenvalue weighted by Crippen LogP contribution is -2.63. The van der Waals surface area contributed by atoms with Gasteiger partial charge in [-0.15, -0.1) is 0 Å². The van der Waals surface area contributed by atoms with Gasteiger partial charge in [0.05, 0.1) is 18.8 Å². The third-order valence-electron chi connectivity index (χ3n) is 5.25. The van der Waals surface area contributed by atoms with E-state index in [1.807, 2.05) is 4.90 Å². The van der Waals surface area contributed by atoms with Crippen molar-refractivity contribution in [3.8, 4) is 0 Å². The molecule has 1 aliphatic heterocycles. The summed E-state index contributed by atoms with van der Waals surface area (Å²) in [5, 5.41) is 38.9. The van der Waals surface area contributed by atoms with E-state index in [2.05, 4.69) is 6.92 Å². The van der Waals surface area contributed by atoms with E-state index in [-0.39, 0.29) is 6.61 Å². The van der Waals surface area contributed by atoms with Gasteiger partial charge in [0.15, 0.2) is 0 Å². The topological polar surface area (TPSA) is 84.2 Å². The second-order valence-corrected chi connectivity index (χ2v) is 6.55. The molecule has 118 valence electrons. The molecule has 4 atom stereocenters. The van der Waals surface area contributed by atoms with Crippen molar-refractivity contribution in [3.63, 3.8) is 0 Å². The number of β-amino-alcohol motifs (C(OH)–C–C–N with tert-alkyl or cyclic N) is 1. The Bertz CT molecular complexity index is 294. The summed E-state index contributed by atoms with van der Waals surface area (Å²) in [5.74, 6) is 1.42. The molecule has 1 heterocycles. The minimum Gasteiger partial charge on any atom is -0.395 e. The fourth-order valence-corrected chi connectivity index (χ4v) is 3.74. The summed E-state index contributed by atoms with van der Waals surface area (Å²) >= 11 is 0. The molecular formula is C15H29NO4. The highest BCUT2D eigenvalue weighted by atomic mass is 16.4. The Hall–Kier alpha value is -0.200. The van der Waals surface area contributed by atoms with Crippen LogP contribution in [0.15, 0.2) is 0 Å². The molecule has 0 aromatic heterocycles. The number of piperidine rings is 1. The number of rotatable bonds is 4. The van der Waals surface area contributed by atoms with Crippen molar-refractivity contribution in [1.82, 2.24) is 4.90 Å². The number of aliphatic hydroxyl groups excluding tert-OH is 4. The van der Waals surface area contributed by atoms with Gasteiger partial charge in [-0.05, 0) is 24.7 Å². The second kappa shape index (κ2) is 7.18. The molecule has 2 aliphatic rings. The quantitative estimate of drug-likeness (QED) is 0.583. The lowest BCUT2D eigenvalue weighted by Gasteiger charge is -2.45. The van der Waals surface area contributed by atoms with E-state index < -0.39 is 24.4 Å². The summed E-state index contributed by atoms with van der Waals surface area (Å²) in [4.78, 5) is 1.96. The molecule has 0 unspecified atom stereocenters. The van der Waals surface area contributed by atoms with Crippen LogP contribution in [-0.4, -0.2) is 69.4 Å². The molecule has 0 bridgehead atoms. The molecule has 1 aliphatic carbocycles. The average Bonchev–Trinajstić information content (AvgIpc) is 2.46. The van der Waals surface area contributed by atoms with Gasteiger partial charge < -0.3 is 20.4 Å². The minimum atomic E-state index is -1.15. The summed E-state index contributed by atoms with van der Waals surface area (Å²) in [6.07, 6.45) is 2.97. The fraction of sp³-hybridized carbons (Fsp3) is 1.00. The van der Waals surface area contributed by atoms with E-state index >= 15 is 0 Å². The average molecular weight is 287 g/mol. The number of likely N-dealkylation sites (tertiary alicyclic amines) is 1. The van der Waals surface area contributed by atoms with E-state index in [1.165, 1.54) is 32.1 Å². The van der Waals surface area contributed by atoms with Crippen LogP contribution in [0.1, 0.15) is 39.0 Å². The molecule has 2 rings (SSSR count). The van der Waals surface area contributed by atoms with Crippen molar-refractivity contribution in [1.29, 1.82) is 0 Å². The highest BCUT2D eigenvalue weighted by Gasteiger charge is 2.41. The normalized spacial score (nSPS) is 43.6. The van der Waals surface area contributed by atoms with Crippen LogP contribution in [-0.2, 0) is 0 Å². The Morgan fingerprint density at radius 2 is 1.55 bits per heavy atom. The maximum absolute atomic E-state index is 9.98. The van der Waals surface area contributed by atoms with Crippen LogP contribution in [0.3, 0.4) is 0 Å². The predicted octanol–water partition coefficient (Wildman–Crippen LogP) is -0.0380. The van der Waals surface area contributed by atoms with Gasteiger partial charge >= 0.3 is 0 Å². The summed E-state index contributed by atoms with van der Waals surface area (Å²) in [6, 6.07) is -0.461. The van der Waals surface area contributed by atoms with Crippen molar-refractivity contribution in [2.75, 3.05) is 19.7 Å². The van der Waals surface area contributed by atoms with Crippen molar-refractivity contribution >= 4 is 0 Å². The van der Waals surface area contributed by atoms with Crippen LogP contribution in [0.4, 0.5) is 0 Å². The minimum absolute atomic E-state index is 0.185. The molecular weight excluding hydrogens is 258 g/mol. The maximum atomic E-state index is 9.98. The van der Waals surface area contributed by atoms with Gasteiger partial charge in [-0.2, -0.15) is 0 Å². The van der Waals surface area contributed by atoms with Crippen molar-refractivity contribution in [2.45, 2.75) is 63.4 Å². The molecule has 1 saturated carbocycles. The Morgan fingerprint density at radius 1 is 0.950 bits per heavy atom. The third-order valence-corrected chi connectivity index (χ3v) is 5.25. The van der Waals surface area contributed by atoms with Gasteiger partial charge in [0.1, 0.15) is 12.2 Å². The lowest BCUT2D eigenvalue weighted by atomic mass is 9.80. The van der Waals surface area contributed by atoms with Gasteiger partial charge in [-0.1, -0.05) is 26.2 Å². The summed E-state index contributed by atoms with van der Waals surface area (Å²) < 4.78 is 0. The molecule has 5 nitrogen and oxygen atoms in total. The zero-order valence-electron chi connectivity index (χ0n) is 12.4. The molecule has 0 aromatic rings. The molecule has 4 N–H and O–H groups in total. The highest BCUT2D eigenvalue weighted by Crippen LogP contribution is 2.32. The van der Waals surface area contributed by atoms with Gasteiger partial charge in [0.25, 0.3) is 0 Å². The lowest BCUT2D eigenvalue weighted by molar-refractivity contribution is -0.148. The SMILES string of the molecule is CCC1CCC(CN2C[C@H](O)[C@@H](O)[C@H](O)[C@H]2CO)CC1. The Kier molecular flexibility index (Phi) is 5.81. The first-order valence-electron chi connectivity index (χ1n) is 7.95. The van der Waals surface area contributed by atoms with Crippen LogP contribution in [0, 0.1) is 11.8 Å². The van der Waals surface area contributed by atoms with Gasteiger partial charge in [0, 0.05) is 13.1 Å². The van der Waals surface area contributed by atoms with E-state index in [0.717, 1.165) is 12.5 Å². The second-order valence-electron chi connectivity index (χ2n) is 6.55. The van der Waals surface area contributed by atoms with Crippen LogP contribution in [0.5, 0.6) is 0 Å². The van der Waals surface area contributed by atoms with Crippen LogP contribution in [0.2, 0.25) is 0 Å². The van der Waals surface area contributed by atoms with Crippen LogP contribution in [0.25, 0.3) is 0 Å². The van der Waals surface area contributed by atoms with Crippen molar-refractivity contribution in [2.24, 2.45) is 11.8 Å². The Balaban J connectivity index is 1.90. The first-order chi connectivity index (χ1) is 9.56. The molecule has 1 saturated heterocycles. The standard InChI is InChI=1S/C15H29NO4/c1-2-10-3-5-11(6-4-10)7-16-8-13(18)15(20)14(19)12(16)9-17/h10-15,17-20H,2-9H2,1H3/t10?,11?,12-,13+,14-,15-/m1/s1. The van der Waals surface area contributed by atoms with Gasteiger partial charge in [-0.3, -0.25) is 4.90 Å². The summed E-state index contributed by atoms with van der Waals surface area (Å²) in [5.41, 5.74) is 0. The molecule has 0 aromatic carbocycles. The third kappa shape index (κ3) is 3.52. The van der Waals surface area contributed by atoms with E-state index in [0.29, 0.717) is 12.5 Å². The largest absolute Gasteiger partial charge is 0.395 e. The monoisotopic (exact) mass is 287 g/mol. The zero-order valence-corrected chi connectivity index (χ0v) is 12.4. The highest BCUT2D eigenvalue weighted by molar-refractivity contribution is 4.95. The van der Waals surface area contributed by atoms with Gasteiger partial charge in [0.2, 0.25) is 0 Å². The molecule has 0 radical (unpaired) electrons. The number of aliphatic hydroxyl groups is 4. The van der Waals surface area contributed by atoms with E-state index in [1.54, 1.807) is 0 Å². The number of hydrogen-bond acceptors (Lipinski definition) is 5.